The molecule has 1 aromatic rings. The third-order valence-electron chi connectivity index (χ3n) is 5.04. The lowest BCUT2D eigenvalue weighted by Crippen LogP contribution is -2.31. The fraction of sp³-hybridized carbons (Fsp3) is 0.625. The predicted octanol–water partition coefficient (Wildman–Crippen LogP) is 2.26. The predicted molar refractivity (Wildman–Crippen MR) is 81.4 cm³/mol. The number of benzene rings is 1. The number of hydrogen-bond acceptors (Lipinski definition) is 3. The number of rotatable bonds is 6. The molecule has 0 bridgehead atoms. The van der Waals surface area contributed by atoms with Crippen molar-refractivity contribution in [2.24, 2.45) is 11.3 Å². The Morgan fingerprint density at radius 3 is 2.43 bits per heavy atom. The second-order valence-corrected chi connectivity index (χ2v) is 8.40. The summed E-state index contributed by atoms with van der Waals surface area (Å²) in [6.45, 7) is 4.10. The lowest BCUT2D eigenvalue weighted by atomic mass is 10.0. The fourth-order valence-corrected chi connectivity index (χ4v) is 4.65. The molecule has 1 aromatic carbocycles. The Balaban J connectivity index is 1.81. The molecule has 0 aromatic heterocycles. The Labute approximate surface area is 126 Å². The molecule has 116 valence electrons. The van der Waals surface area contributed by atoms with Crippen LogP contribution in [0.4, 0.5) is 0 Å². The average molecular weight is 309 g/mol. The van der Waals surface area contributed by atoms with Crippen molar-refractivity contribution in [1.29, 1.82) is 0 Å². The third kappa shape index (κ3) is 2.87. The lowest BCUT2D eigenvalue weighted by Gasteiger charge is -2.17. The highest BCUT2D eigenvalue weighted by Gasteiger charge is 2.53. The van der Waals surface area contributed by atoms with Crippen molar-refractivity contribution in [2.75, 3.05) is 6.54 Å². The zero-order chi connectivity index (χ0) is 15.3. The van der Waals surface area contributed by atoms with Crippen LogP contribution in [0.3, 0.4) is 0 Å². The molecule has 0 spiro atoms. The first kappa shape index (κ1) is 15.0. The van der Waals surface area contributed by atoms with E-state index in [2.05, 4.69) is 4.72 Å². The number of sulfonamides is 1. The van der Waals surface area contributed by atoms with Gasteiger partial charge in [0, 0.05) is 6.54 Å². The monoisotopic (exact) mass is 309 g/mol. The van der Waals surface area contributed by atoms with E-state index in [1.54, 1.807) is 13.0 Å². The molecule has 0 heterocycles. The van der Waals surface area contributed by atoms with Gasteiger partial charge in [-0.25, -0.2) is 13.1 Å². The maximum atomic E-state index is 12.6. The number of aliphatic hydroxyl groups is 1. The maximum absolute atomic E-state index is 12.6. The van der Waals surface area contributed by atoms with Crippen molar-refractivity contribution in [1.82, 2.24) is 4.72 Å². The van der Waals surface area contributed by atoms with Crippen LogP contribution in [-0.4, -0.2) is 20.1 Å². The first-order valence-corrected chi connectivity index (χ1v) is 9.07. The highest BCUT2D eigenvalue weighted by molar-refractivity contribution is 7.89. The van der Waals surface area contributed by atoms with Crippen molar-refractivity contribution < 1.29 is 13.5 Å². The van der Waals surface area contributed by atoms with E-state index in [0.717, 1.165) is 29.9 Å². The molecule has 3 rings (SSSR count). The Kier molecular flexibility index (Phi) is 3.62. The van der Waals surface area contributed by atoms with Gasteiger partial charge in [0.25, 0.3) is 0 Å². The maximum Gasteiger partial charge on any atom is 0.240 e. The molecule has 0 aliphatic heterocycles. The van der Waals surface area contributed by atoms with E-state index in [1.165, 1.54) is 12.8 Å². The van der Waals surface area contributed by atoms with Gasteiger partial charge in [-0.2, -0.15) is 0 Å². The minimum absolute atomic E-state index is 0.138. The van der Waals surface area contributed by atoms with Crippen LogP contribution < -0.4 is 4.72 Å². The standard InChI is InChI=1S/C16H23NO3S/c1-11-7-12(2)15(8-13(11)9-18)21(19,20)17-10-16(5-6-16)14-3-4-14/h7-8,14,17-18H,3-6,9-10H2,1-2H3. The van der Waals surface area contributed by atoms with Crippen LogP contribution >= 0.6 is 0 Å². The van der Waals surface area contributed by atoms with Crippen molar-refractivity contribution >= 4 is 10.0 Å². The van der Waals surface area contributed by atoms with E-state index in [1.807, 2.05) is 13.0 Å². The number of aliphatic hydroxyl groups excluding tert-OH is 1. The largest absolute Gasteiger partial charge is 0.392 e. The van der Waals surface area contributed by atoms with Gasteiger partial charge in [-0.05, 0) is 73.6 Å². The van der Waals surface area contributed by atoms with Gasteiger partial charge < -0.3 is 5.11 Å². The van der Waals surface area contributed by atoms with Gasteiger partial charge >= 0.3 is 0 Å². The average Bonchev–Trinajstić information content (AvgIpc) is 3.27. The zero-order valence-corrected chi connectivity index (χ0v) is 13.5. The Morgan fingerprint density at radius 1 is 1.24 bits per heavy atom. The molecule has 0 atom stereocenters. The van der Waals surface area contributed by atoms with Gasteiger partial charge in [-0.1, -0.05) is 6.07 Å². The highest BCUT2D eigenvalue weighted by Crippen LogP contribution is 2.60. The van der Waals surface area contributed by atoms with Crippen LogP contribution in [0.5, 0.6) is 0 Å². The molecule has 2 saturated carbocycles. The SMILES string of the molecule is Cc1cc(C)c(S(=O)(=O)NCC2(C3CC3)CC2)cc1CO. The fourth-order valence-electron chi connectivity index (χ4n) is 3.24. The minimum Gasteiger partial charge on any atom is -0.392 e. The topological polar surface area (TPSA) is 66.4 Å². The van der Waals surface area contributed by atoms with Crippen LogP contribution in [0.25, 0.3) is 0 Å². The second-order valence-electron chi connectivity index (χ2n) is 6.66. The minimum atomic E-state index is -3.50. The summed E-state index contributed by atoms with van der Waals surface area (Å²) in [6, 6.07) is 3.43. The van der Waals surface area contributed by atoms with Crippen LogP contribution in [0, 0.1) is 25.2 Å². The van der Waals surface area contributed by atoms with Gasteiger partial charge in [0.1, 0.15) is 0 Å². The summed E-state index contributed by atoms with van der Waals surface area (Å²) < 4.78 is 27.9. The molecule has 0 unspecified atom stereocenters. The molecule has 2 aliphatic rings. The van der Waals surface area contributed by atoms with Gasteiger partial charge in [0.05, 0.1) is 11.5 Å². The van der Waals surface area contributed by atoms with Crippen LogP contribution in [0.1, 0.15) is 42.4 Å². The summed E-state index contributed by atoms with van der Waals surface area (Å²) in [5.74, 6) is 0.729. The Hall–Kier alpha value is -0.910. The normalized spacial score (nSPS) is 20.5. The van der Waals surface area contributed by atoms with Gasteiger partial charge in [0.15, 0.2) is 0 Å². The molecule has 4 nitrogen and oxygen atoms in total. The molecular formula is C16H23NO3S. The number of hydrogen-bond donors (Lipinski definition) is 2. The Bertz CT molecular complexity index is 658. The van der Waals surface area contributed by atoms with Crippen molar-refractivity contribution in [3.05, 3.63) is 28.8 Å². The first-order chi connectivity index (χ1) is 9.88. The van der Waals surface area contributed by atoms with Crippen LogP contribution in [0.15, 0.2) is 17.0 Å². The first-order valence-electron chi connectivity index (χ1n) is 7.59. The van der Waals surface area contributed by atoms with Crippen molar-refractivity contribution in [2.45, 2.75) is 51.0 Å². The summed E-state index contributed by atoms with van der Waals surface area (Å²) >= 11 is 0. The quantitative estimate of drug-likeness (QED) is 0.847. The molecule has 0 saturated heterocycles. The van der Waals surface area contributed by atoms with Crippen LogP contribution in [-0.2, 0) is 16.6 Å². The molecule has 0 radical (unpaired) electrons. The van der Waals surface area contributed by atoms with Crippen molar-refractivity contribution in [3.63, 3.8) is 0 Å². The summed E-state index contributed by atoms with van der Waals surface area (Å²) in [6.07, 6.45) is 4.80. The molecule has 0 amide bonds. The summed E-state index contributed by atoms with van der Waals surface area (Å²) in [5.41, 5.74) is 2.56. The number of nitrogens with one attached hydrogen (secondary N) is 1. The Morgan fingerprint density at radius 2 is 1.90 bits per heavy atom. The highest BCUT2D eigenvalue weighted by atomic mass is 32.2. The van der Waals surface area contributed by atoms with E-state index < -0.39 is 10.0 Å². The van der Waals surface area contributed by atoms with E-state index in [9.17, 15) is 13.5 Å². The summed E-state index contributed by atoms with van der Waals surface area (Å²) in [5, 5.41) is 9.33. The van der Waals surface area contributed by atoms with E-state index in [-0.39, 0.29) is 12.0 Å². The lowest BCUT2D eigenvalue weighted by molar-refractivity contribution is 0.280. The molecule has 2 N–H and O–H groups in total. The van der Waals surface area contributed by atoms with E-state index >= 15 is 0 Å². The van der Waals surface area contributed by atoms with E-state index in [4.69, 9.17) is 0 Å². The molecule has 21 heavy (non-hydrogen) atoms. The molecule has 2 aliphatic carbocycles. The summed E-state index contributed by atoms with van der Waals surface area (Å²) in [4.78, 5) is 0.295. The van der Waals surface area contributed by atoms with Crippen LogP contribution in [0.2, 0.25) is 0 Å². The van der Waals surface area contributed by atoms with E-state index in [0.29, 0.717) is 17.0 Å². The molecule has 2 fully saturated rings. The third-order valence-corrected chi connectivity index (χ3v) is 6.59. The molecular weight excluding hydrogens is 286 g/mol. The van der Waals surface area contributed by atoms with Gasteiger partial charge in [0.2, 0.25) is 10.0 Å². The van der Waals surface area contributed by atoms with Gasteiger partial charge in [-0.3, -0.25) is 0 Å². The number of aryl methyl sites for hydroxylation is 2. The molecule has 5 heteroatoms. The zero-order valence-electron chi connectivity index (χ0n) is 12.6. The second kappa shape index (κ2) is 5.07. The smallest absolute Gasteiger partial charge is 0.240 e. The van der Waals surface area contributed by atoms with Gasteiger partial charge in [-0.15, -0.1) is 0 Å². The summed E-state index contributed by atoms with van der Waals surface area (Å²) in [7, 11) is -3.50. The van der Waals surface area contributed by atoms with Crippen molar-refractivity contribution in [3.8, 4) is 0 Å².